The zero-order valence-corrected chi connectivity index (χ0v) is 19.8. The lowest BCUT2D eigenvalue weighted by atomic mass is 10.1. The van der Waals surface area contributed by atoms with Crippen molar-refractivity contribution in [3.8, 4) is 0 Å². The number of pyridine rings is 1. The number of rotatable bonds is 6. The van der Waals surface area contributed by atoms with E-state index in [9.17, 15) is 22.4 Å². The van der Waals surface area contributed by atoms with E-state index in [2.05, 4.69) is 10.3 Å². The van der Waals surface area contributed by atoms with E-state index >= 15 is 0 Å². The fourth-order valence-corrected chi connectivity index (χ4v) is 4.60. The SMILES string of the molecule is CC(=O)N(c1ccc(S(C)(=O)=O)c(Cl)c1)c1cc(NC(=O)Cc2cccc(F)c2Cl)ccn1. The minimum absolute atomic E-state index is 0.0438. The lowest BCUT2D eigenvalue weighted by molar-refractivity contribution is -0.116. The van der Waals surface area contributed by atoms with Crippen LogP contribution in [0.1, 0.15) is 12.5 Å². The molecule has 0 spiro atoms. The minimum atomic E-state index is -3.54. The topological polar surface area (TPSA) is 96.4 Å². The van der Waals surface area contributed by atoms with Gasteiger partial charge in [0.15, 0.2) is 9.84 Å². The van der Waals surface area contributed by atoms with Gasteiger partial charge in [-0.1, -0.05) is 35.3 Å². The van der Waals surface area contributed by atoms with Crippen LogP contribution in [0.3, 0.4) is 0 Å². The highest BCUT2D eigenvalue weighted by Crippen LogP contribution is 2.31. The van der Waals surface area contributed by atoms with Gasteiger partial charge in [-0.3, -0.25) is 14.5 Å². The van der Waals surface area contributed by atoms with Crippen molar-refractivity contribution < 1.29 is 22.4 Å². The molecule has 0 fully saturated rings. The molecule has 172 valence electrons. The molecule has 2 amide bonds. The van der Waals surface area contributed by atoms with E-state index in [4.69, 9.17) is 23.2 Å². The van der Waals surface area contributed by atoms with Crippen LogP contribution in [0.15, 0.2) is 59.6 Å². The number of nitrogens with zero attached hydrogens (tertiary/aromatic N) is 2. The molecule has 1 aromatic heterocycles. The van der Waals surface area contributed by atoms with Gasteiger partial charge >= 0.3 is 0 Å². The standard InChI is InChI=1S/C22H18Cl2FN3O4S/c1-13(29)28(16-6-7-19(17(23)12-16)33(2,31)32)20-11-15(8-9-26-20)27-21(30)10-14-4-3-5-18(25)22(14)24/h3-9,11-12H,10H2,1-2H3,(H,26,27,30). The molecule has 0 aliphatic carbocycles. The van der Waals surface area contributed by atoms with Crippen molar-refractivity contribution in [3.63, 3.8) is 0 Å². The summed E-state index contributed by atoms with van der Waals surface area (Å²) in [5.74, 6) is -1.31. The summed E-state index contributed by atoms with van der Waals surface area (Å²) in [6.07, 6.45) is 2.26. The van der Waals surface area contributed by atoms with Gasteiger partial charge in [-0.25, -0.2) is 17.8 Å². The van der Waals surface area contributed by atoms with Gasteiger partial charge in [-0.05, 0) is 35.9 Å². The van der Waals surface area contributed by atoms with Crippen LogP contribution in [0, 0.1) is 5.82 Å². The van der Waals surface area contributed by atoms with Crippen LogP contribution < -0.4 is 10.2 Å². The average Bonchev–Trinajstić information content (AvgIpc) is 2.71. The van der Waals surface area contributed by atoms with E-state index in [1.807, 2.05) is 0 Å². The zero-order valence-electron chi connectivity index (χ0n) is 17.5. The highest BCUT2D eigenvalue weighted by atomic mass is 35.5. The van der Waals surface area contributed by atoms with Crippen LogP contribution >= 0.6 is 23.2 Å². The first-order valence-corrected chi connectivity index (χ1v) is 12.1. The molecule has 2 aromatic carbocycles. The fraction of sp³-hybridized carbons (Fsp3) is 0.136. The number of aromatic nitrogens is 1. The fourth-order valence-electron chi connectivity index (χ4n) is 3.09. The minimum Gasteiger partial charge on any atom is -0.326 e. The van der Waals surface area contributed by atoms with Gasteiger partial charge in [0, 0.05) is 31.1 Å². The maximum absolute atomic E-state index is 13.6. The molecule has 3 rings (SSSR count). The Kier molecular flexibility index (Phi) is 7.36. The summed E-state index contributed by atoms with van der Waals surface area (Å²) in [5.41, 5.74) is 0.958. The Hall–Kier alpha value is -3.01. The number of nitrogens with one attached hydrogen (secondary N) is 1. The highest BCUT2D eigenvalue weighted by Gasteiger charge is 2.20. The van der Waals surface area contributed by atoms with Gasteiger partial charge in [0.25, 0.3) is 0 Å². The van der Waals surface area contributed by atoms with Crippen LogP contribution in [0.5, 0.6) is 0 Å². The molecule has 0 aliphatic rings. The largest absolute Gasteiger partial charge is 0.326 e. The quantitative estimate of drug-likeness (QED) is 0.514. The van der Waals surface area contributed by atoms with E-state index in [0.29, 0.717) is 16.9 Å². The summed E-state index contributed by atoms with van der Waals surface area (Å²) in [4.78, 5) is 30.1. The van der Waals surface area contributed by atoms with Gasteiger partial charge in [-0.15, -0.1) is 0 Å². The van der Waals surface area contributed by atoms with Gasteiger partial charge in [0.2, 0.25) is 11.8 Å². The third-order valence-corrected chi connectivity index (χ3v) is 6.53. The second-order valence-corrected chi connectivity index (χ2v) is 9.85. The molecule has 1 heterocycles. The number of anilines is 3. The molecule has 0 radical (unpaired) electrons. The lowest BCUT2D eigenvalue weighted by Gasteiger charge is -2.21. The second-order valence-electron chi connectivity index (χ2n) is 7.08. The smallest absolute Gasteiger partial charge is 0.229 e. The van der Waals surface area contributed by atoms with Crippen molar-refractivity contribution in [2.45, 2.75) is 18.2 Å². The highest BCUT2D eigenvalue weighted by molar-refractivity contribution is 7.90. The number of benzene rings is 2. The molecule has 0 aliphatic heterocycles. The van der Waals surface area contributed by atoms with E-state index in [-0.39, 0.29) is 27.2 Å². The predicted octanol–water partition coefficient (Wildman–Crippen LogP) is 4.80. The van der Waals surface area contributed by atoms with E-state index in [1.54, 1.807) is 6.07 Å². The summed E-state index contributed by atoms with van der Waals surface area (Å²) >= 11 is 12.0. The Labute approximate surface area is 200 Å². The molecule has 0 atom stereocenters. The molecule has 0 bridgehead atoms. The molecule has 3 aromatic rings. The summed E-state index contributed by atoms with van der Waals surface area (Å²) in [5, 5.41) is 2.49. The molecule has 0 saturated heterocycles. The summed E-state index contributed by atoms with van der Waals surface area (Å²) in [6.45, 7) is 1.30. The van der Waals surface area contributed by atoms with Crippen molar-refractivity contribution in [1.82, 2.24) is 4.98 Å². The third-order valence-electron chi connectivity index (χ3n) is 4.53. The summed E-state index contributed by atoms with van der Waals surface area (Å²) in [6, 6.07) is 11.3. The number of hydrogen-bond donors (Lipinski definition) is 1. The Morgan fingerprint density at radius 3 is 2.48 bits per heavy atom. The monoisotopic (exact) mass is 509 g/mol. The Morgan fingerprint density at radius 2 is 1.85 bits per heavy atom. The molecular formula is C22H18Cl2FN3O4S. The van der Waals surface area contributed by atoms with Crippen molar-refractivity contribution in [1.29, 1.82) is 0 Å². The van der Waals surface area contributed by atoms with Gasteiger partial charge in [0.1, 0.15) is 11.6 Å². The van der Waals surface area contributed by atoms with Gasteiger partial charge in [-0.2, -0.15) is 0 Å². The van der Waals surface area contributed by atoms with Crippen LogP contribution in [-0.2, 0) is 25.8 Å². The molecule has 0 saturated carbocycles. The lowest BCUT2D eigenvalue weighted by Crippen LogP contribution is -2.24. The molecule has 7 nitrogen and oxygen atoms in total. The third kappa shape index (κ3) is 5.87. The molecule has 0 unspecified atom stereocenters. The Balaban J connectivity index is 1.87. The van der Waals surface area contributed by atoms with E-state index < -0.39 is 27.5 Å². The number of amides is 2. The average molecular weight is 510 g/mol. The molecule has 11 heteroatoms. The predicted molar refractivity (Wildman–Crippen MR) is 125 cm³/mol. The van der Waals surface area contributed by atoms with Crippen molar-refractivity contribution in [2.75, 3.05) is 16.5 Å². The maximum Gasteiger partial charge on any atom is 0.229 e. The second kappa shape index (κ2) is 9.86. The Bertz CT molecular complexity index is 1350. The molecular weight excluding hydrogens is 492 g/mol. The van der Waals surface area contributed by atoms with Crippen molar-refractivity contribution in [2.24, 2.45) is 0 Å². The Morgan fingerprint density at radius 1 is 1.12 bits per heavy atom. The van der Waals surface area contributed by atoms with Crippen molar-refractivity contribution >= 4 is 62.0 Å². The number of carbonyl (C=O) groups excluding carboxylic acids is 2. The molecule has 33 heavy (non-hydrogen) atoms. The van der Waals surface area contributed by atoms with Gasteiger partial charge in [0.05, 0.1) is 27.0 Å². The first-order valence-electron chi connectivity index (χ1n) is 9.46. The normalized spacial score (nSPS) is 11.2. The number of carbonyl (C=O) groups is 2. The molecule has 1 N–H and O–H groups in total. The van der Waals surface area contributed by atoms with Gasteiger partial charge < -0.3 is 5.32 Å². The zero-order chi connectivity index (χ0) is 24.3. The maximum atomic E-state index is 13.6. The van der Waals surface area contributed by atoms with E-state index in [0.717, 1.165) is 6.26 Å². The number of hydrogen-bond acceptors (Lipinski definition) is 5. The summed E-state index contributed by atoms with van der Waals surface area (Å²) in [7, 11) is -3.54. The van der Waals surface area contributed by atoms with Crippen molar-refractivity contribution in [3.05, 3.63) is 76.2 Å². The number of halogens is 3. The van der Waals surface area contributed by atoms with Crippen LogP contribution in [0.2, 0.25) is 10.0 Å². The van der Waals surface area contributed by atoms with Crippen LogP contribution in [0.4, 0.5) is 21.6 Å². The van der Waals surface area contributed by atoms with Crippen LogP contribution in [-0.4, -0.2) is 31.5 Å². The first-order chi connectivity index (χ1) is 15.5. The van der Waals surface area contributed by atoms with Crippen LogP contribution in [0.25, 0.3) is 0 Å². The number of sulfone groups is 1. The van der Waals surface area contributed by atoms with E-state index in [1.165, 1.54) is 60.5 Å². The summed E-state index contributed by atoms with van der Waals surface area (Å²) < 4.78 is 37.2. The first kappa shape index (κ1) is 24.6.